The first-order chi connectivity index (χ1) is 14.1. The fraction of sp³-hybridized carbons (Fsp3) is 0.696. The third-order valence-corrected chi connectivity index (χ3v) is 6.07. The number of nitrogens with zero attached hydrogens (tertiary/aromatic N) is 2. The Morgan fingerprint density at radius 2 is 1.97 bits per heavy atom. The maximum atomic E-state index is 10.4. The van der Waals surface area contributed by atoms with Crippen LogP contribution in [0, 0.1) is 0 Å². The highest BCUT2D eigenvalue weighted by Gasteiger charge is 2.21. The average molecular weight is 530 g/mol. The Balaban J connectivity index is 0.00000320. The zero-order valence-electron chi connectivity index (χ0n) is 18.7. The van der Waals surface area contributed by atoms with Crippen LogP contribution in [0.5, 0.6) is 5.75 Å². The van der Waals surface area contributed by atoms with E-state index in [0.717, 1.165) is 63.4 Å². The van der Waals surface area contributed by atoms with Gasteiger partial charge in [-0.1, -0.05) is 6.07 Å². The van der Waals surface area contributed by atoms with E-state index in [2.05, 4.69) is 40.4 Å². The van der Waals surface area contributed by atoms with Crippen LogP contribution in [-0.2, 0) is 24.1 Å². The molecule has 0 saturated carbocycles. The largest absolute Gasteiger partial charge is 0.508 e. The number of phenols is 1. The first-order valence-corrected chi connectivity index (χ1v) is 11.2. The number of halogens is 1. The van der Waals surface area contributed by atoms with Crippen molar-refractivity contribution in [2.24, 2.45) is 4.99 Å². The van der Waals surface area contributed by atoms with Crippen LogP contribution in [0.3, 0.4) is 0 Å². The maximum Gasteiger partial charge on any atom is 0.191 e. The fourth-order valence-corrected chi connectivity index (χ4v) is 4.37. The van der Waals surface area contributed by atoms with Crippen molar-refractivity contribution in [1.29, 1.82) is 0 Å². The summed E-state index contributed by atoms with van der Waals surface area (Å²) in [6.45, 7) is 8.77. The number of guanidine groups is 1. The molecule has 1 aliphatic carbocycles. The van der Waals surface area contributed by atoms with Crippen LogP contribution >= 0.6 is 24.0 Å². The van der Waals surface area contributed by atoms with Gasteiger partial charge in [-0.05, 0) is 69.6 Å². The van der Waals surface area contributed by atoms with E-state index < -0.39 is 0 Å². The van der Waals surface area contributed by atoms with E-state index in [1.807, 2.05) is 13.1 Å². The minimum atomic E-state index is 0. The Bertz CT molecular complexity index is 688. The van der Waals surface area contributed by atoms with Crippen molar-refractivity contribution in [2.45, 2.75) is 71.1 Å². The number of ether oxygens (including phenoxy) is 1. The molecule has 0 radical (unpaired) electrons. The smallest absolute Gasteiger partial charge is 0.191 e. The van der Waals surface area contributed by atoms with Crippen LogP contribution in [0.25, 0.3) is 0 Å². The van der Waals surface area contributed by atoms with Crippen molar-refractivity contribution < 1.29 is 9.84 Å². The van der Waals surface area contributed by atoms with Gasteiger partial charge in [0.2, 0.25) is 0 Å². The number of rotatable bonds is 7. The van der Waals surface area contributed by atoms with Gasteiger partial charge >= 0.3 is 0 Å². The standard InChI is InChI=1S/C23H38N4O2.HI/c1-17(2)29-15-14-27-12-10-19(11-13-27)26-23(24-3)25-16-21-20-7-5-4-6-18(20)8-9-22(21)28;/h8-9,17,19,28H,4-7,10-16H2,1-3H3,(H2,24,25,26);1H. The molecule has 3 N–H and O–H groups in total. The van der Waals surface area contributed by atoms with E-state index in [0.29, 0.717) is 24.4 Å². The molecule has 0 aromatic heterocycles. The highest BCUT2D eigenvalue weighted by Crippen LogP contribution is 2.30. The number of aromatic hydroxyl groups is 1. The van der Waals surface area contributed by atoms with Gasteiger partial charge in [-0.25, -0.2) is 0 Å². The fourth-order valence-electron chi connectivity index (χ4n) is 4.37. The van der Waals surface area contributed by atoms with Gasteiger partial charge in [0.1, 0.15) is 5.75 Å². The molecule has 0 amide bonds. The SMILES string of the molecule is CN=C(NCc1c(O)ccc2c1CCCC2)NC1CCN(CCOC(C)C)CC1.I. The molecule has 1 fully saturated rings. The highest BCUT2D eigenvalue weighted by molar-refractivity contribution is 14.0. The minimum absolute atomic E-state index is 0. The first-order valence-electron chi connectivity index (χ1n) is 11.2. The van der Waals surface area contributed by atoms with E-state index in [4.69, 9.17) is 4.74 Å². The second kappa shape index (κ2) is 12.7. The molecule has 3 rings (SSSR count). The molecule has 0 unspecified atom stereocenters. The summed E-state index contributed by atoms with van der Waals surface area (Å²) < 4.78 is 5.67. The molecule has 170 valence electrons. The molecule has 2 aliphatic rings. The summed E-state index contributed by atoms with van der Waals surface area (Å²) >= 11 is 0. The number of hydrogen-bond donors (Lipinski definition) is 3. The predicted octanol–water partition coefficient (Wildman–Crippen LogP) is 3.44. The third kappa shape index (κ3) is 7.27. The minimum Gasteiger partial charge on any atom is -0.508 e. The van der Waals surface area contributed by atoms with Crippen LogP contribution in [0.4, 0.5) is 0 Å². The van der Waals surface area contributed by atoms with E-state index in [-0.39, 0.29) is 24.0 Å². The van der Waals surface area contributed by atoms with Gasteiger partial charge in [-0.3, -0.25) is 4.99 Å². The predicted molar refractivity (Wildman–Crippen MR) is 134 cm³/mol. The quantitative estimate of drug-likeness (QED) is 0.286. The summed E-state index contributed by atoms with van der Waals surface area (Å²) in [5.74, 6) is 1.21. The monoisotopic (exact) mass is 530 g/mol. The molecule has 6 nitrogen and oxygen atoms in total. The number of likely N-dealkylation sites (tertiary alicyclic amines) is 1. The Morgan fingerprint density at radius 3 is 2.67 bits per heavy atom. The van der Waals surface area contributed by atoms with Gasteiger partial charge in [0.25, 0.3) is 0 Å². The lowest BCUT2D eigenvalue weighted by molar-refractivity contribution is 0.0532. The topological polar surface area (TPSA) is 69.1 Å². The van der Waals surface area contributed by atoms with E-state index in [1.165, 1.54) is 24.0 Å². The zero-order valence-corrected chi connectivity index (χ0v) is 21.1. The van der Waals surface area contributed by atoms with Gasteiger partial charge in [0.15, 0.2) is 5.96 Å². The second-order valence-corrected chi connectivity index (χ2v) is 8.51. The van der Waals surface area contributed by atoms with Gasteiger partial charge in [0, 0.05) is 44.8 Å². The second-order valence-electron chi connectivity index (χ2n) is 8.51. The van der Waals surface area contributed by atoms with Crippen LogP contribution in [0.15, 0.2) is 17.1 Å². The summed E-state index contributed by atoms with van der Waals surface area (Å²) in [5, 5.41) is 17.4. The Labute approximate surface area is 198 Å². The number of piperidine rings is 1. The van der Waals surface area contributed by atoms with Crippen molar-refractivity contribution in [1.82, 2.24) is 15.5 Å². The van der Waals surface area contributed by atoms with E-state index in [1.54, 1.807) is 0 Å². The van der Waals surface area contributed by atoms with Crippen molar-refractivity contribution in [3.05, 3.63) is 28.8 Å². The van der Waals surface area contributed by atoms with Crippen molar-refractivity contribution in [2.75, 3.05) is 33.3 Å². The van der Waals surface area contributed by atoms with E-state index >= 15 is 0 Å². The molecule has 1 aromatic rings. The number of aliphatic imine (C=N–C) groups is 1. The summed E-state index contributed by atoms with van der Waals surface area (Å²) in [7, 11) is 1.81. The number of aryl methyl sites for hydroxylation is 1. The number of nitrogens with one attached hydrogen (secondary N) is 2. The number of phenolic OH excluding ortho intramolecular Hbond substituents is 1. The van der Waals surface area contributed by atoms with Crippen LogP contribution in [-0.4, -0.2) is 61.4 Å². The van der Waals surface area contributed by atoms with Crippen LogP contribution in [0.2, 0.25) is 0 Å². The molecule has 7 heteroatoms. The lowest BCUT2D eigenvalue weighted by atomic mass is 9.88. The van der Waals surface area contributed by atoms with Crippen molar-refractivity contribution in [3.8, 4) is 5.75 Å². The van der Waals surface area contributed by atoms with Crippen LogP contribution in [0.1, 0.15) is 56.2 Å². The zero-order chi connectivity index (χ0) is 20.6. The molecule has 30 heavy (non-hydrogen) atoms. The normalized spacial score (nSPS) is 18.1. The first kappa shape index (κ1) is 25.2. The van der Waals surface area contributed by atoms with Gasteiger partial charge in [-0.2, -0.15) is 0 Å². The van der Waals surface area contributed by atoms with E-state index in [9.17, 15) is 5.11 Å². The summed E-state index contributed by atoms with van der Waals surface area (Å²) in [4.78, 5) is 6.88. The summed E-state index contributed by atoms with van der Waals surface area (Å²) in [5.41, 5.74) is 3.75. The Kier molecular flexibility index (Phi) is 10.7. The molecular formula is C23H39IN4O2. The van der Waals surface area contributed by atoms with Crippen LogP contribution < -0.4 is 10.6 Å². The molecule has 0 bridgehead atoms. The molecule has 0 spiro atoms. The molecule has 1 aliphatic heterocycles. The number of benzene rings is 1. The van der Waals surface area contributed by atoms with Crippen molar-refractivity contribution >= 4 is 29.9 Å². The average Bonchev–Trinajstić information content (AvgIpc) is 2.73. The summed E-state index contributed by atoms with van der Waals surface area (Å²) in [6.07, 6.45) is 7.15. The molecule has 1 saturated heterocycles. The van der Waals surface area contributed by atoms with Gasteiger partial charge in [-0.15, -0.1) is 24.0 Å². The van der Waals surface area contributed by atoms with Crippen molar-refractivity contribution in [3.63, 3.8) is 0 Å². The molecule has 1 heterocycles. The maximum absolute atomic E-state index is 10.4. The Morgan fingerprint density at radius 1 is 1.23 bits per heavy atom. The summed E-state index contributed by atoms with van der Waals surface area (Å²) in [6, 6.07) is 4.36. The van der Waals surface area contributed by atoms with Gasteiger partial charge in [0.05, 0.1) is 12.7 Å². The highest BCUT2D eigenvalue weighted by atomic mass is 127. The molecular weight excluding hydrogens is 491 g/mol. The lowest BCUT2D eigenvalue weighted by Gasteiger charge is -2.33. The lowest BCUT2D eigenvalue weighted by Crippen LogP contribution is -2.49. The molecule has 0 atom stereocenters. The third-order valence-electron chi connectivity index (χ3n) is 6.07. The molecule has 1 aromatic carbocycles. The number of hydrogen-bond acceptors (Lipinski definition) is 4. The number of fused-ring (bicyclic) bond motifs is 1. The van der Waals surface area contributed by atoms with Gasteiger partial charge < -0.3 is 25.4 Å². The Hall–Kier alpha value is -1.06.